The zero-order chi connectivity index (χ0) is 13.7. The Kier molecular flexibility index (Phi) is 5.34. The van der Waals surface area contributed by atoms with Crippen molar-refractivity contribution in [2.75, 3.05) is 13.2 Å². The summed E-state index contributed by atoms with van der Waals surface area (Å²) in [6.45, 7) is 0.383. The van der Waals surface area contributed by atoms with Crippen molar-refractivity contribution >= 4 is 21.8 Å². The molecular weight excluding hydrogens is 308 g/mol. The quantitative estimate of drug-likeness (QED) is 0.865. The number of hydrogen-bond donors (Lipinski definition) is 1. The standard InChI is InChI=1S/C14H19BrN2O2/c15-13-8-4-7-12(16-13)14(19)17(9-10-18)11-5-2-1-3-6-11/h4,7-8,11,18H,1-3,5-6,9-10H2. The second-order valence-corrected chi connectivity index (χ2v) is 5.67. The Labute approximate surface area is 122 Å². The van der Waals surface area contributed by atoms with E-state index >= 15 is 0 Å². The highest BCUT2D eigenvalue weighted by molar-refractivity contribution is 9.10. The Morgan fingerprint density at radius 3 is 2.74 bits per heavy atom. The Balaban J connectivity index is 2.15. The first-order valence-electron chi connectivity index (χ1n) is 6.77. The van der Waals surface area contributed by atoms with Gasteiger partial charge in [-0.1, -0.05) is 25.3 Å². The number of rotatable bonds is 4. The zero-order valence-electron chi connectivity index (χ0n) is 10.9. The molecule has 1 aliphatic rings. The van der Waals surface area contributed by atoms with Crippen LogP contribution in [0.25, 0.3) is 0 Å². The van der Waals surface area contributed by atoms with Crippen LogP contribution < -0.4 is 0 Å². The second kappa shape index (κ2) is 7.01. The summed E-state index contributed by atoms with van der Waals surface area (Å²) in [5.41, 5.74) is 0.438. The highest BCUT2D eigenvalue weighted by Gasteiger charge is 2.26. The van der Waals surface area contributed by atoms with Crippen molar-refractivity contribution in [3.05, 3.63) is 28.5 Å². The molecule has 2 rings (SSSR count). The van der Waals surface area contributed by atoms with E-state index in [-0.39, 0.29) is 18.6 Å². The predicted molar refractivity (Wildman–Crippen MR) is 76.9 cm³/mol. The van der Waals surface area contributed by atoms with E-state index in [1.54, 1.807) is 17.0 Å². The molecule has 1 fully saturated rings. The first-order chi connectivity index (χ1) is 9.22. The molecule has 0 saturated heterocycles. The molecule has 1 aromatic heterocycles. The SMILES string of the molecule is O=C(c1cccc(Br)n1)N(CCO)C1CCCCC1. The van der Waals surface area contributed by atoms with E-state index in [1.807, 2.05) is 6.07 Å². The average molecular weight is 327 g/mol. The van der Waals surface area contributed by atoms with E-state index in [9.17, 15) is 9.90 Å². The fourth-order valence-corrected chi connectivity index (χ4v) is 2.97. The monoisotopic (exact) mass is 326 g/mol. The largest absolute Gasteiger partial charge is 0.395 e. The molecule has 1 saturated carbocycles. The molecule has 0 atom stereocenters. The third-order valence-corrected chi connectivity index (χ3v) is 3.99. The number of aromatic nitrogens is 1. The van der Waals surface area contributed by atoms with Gasteiger partial charge in [0.2, 0.25) is 0 Å². The van der Waals surface area contributed by atoms with E-state index in [2.05, 4.69) is 20.9 Å². The molecule has 1 aromatic rings. The van der Waals surface area contributed by atoms with Crippen LogP contribution in [0.5, 0.6) is 0 Å². The van der Waals surface area contributed by atoms with E-state index in [0.29, 0.717) is 16.8 Å². The van der Waals surface area contributed by atoms with Crippen LogP contribution in [0.2, 0.25) is 0 Å². The summed E-state index contributed by atoms with van der Waals surface area (Å²) in [5.74, 6) is -0.0812. The normalized spacial score (nSPS) is 16.3. The lowest BCUT2D eigenvalue weighted by Crippen LogP contribution is -2.43. The second-order valence-electron chi connectivity index (χ2n) is 4.86. The molecule has 104 valence electrons. The van der Waals surface area contributed by atoms with Crippen molar-refractivity contribution in [3.8, 4) is 0 Å². The Hall–Kier alpha value is -0.940. The number of nitrogens with zero attached hydrogens (tertiary/aromatic N) is 2. The smallest absolute Gasteiger partial charge is 0.272 e. The number of hydrogen-bond acceptors (Lipinski definition) is 3. The molecule has 4 nitrogen and oxygen atoms in total. The molecule has 0 spiro atoms. The number of aliphatic hydroxyl groups is 1. The summed E-state index contributed by atoms with van der Waals surface area (Å²) < 4.78 is 0.658. The molecule has 0 aromatic carbocycles. The first-order valence-corrected chi connectivity index (χ1v) is 7.56. The molecule has 19 heavy (non-hydrogen) atoms. The lowest BCUT2D eigenvalue weighted by molar-refractivity contribution is 0.0579. The van der Waals surface area contributed by atoms with Crippen LogP contribution in [-0.2, 0) is 0 Å². The van der Waals surface area contributed by atoms with E-state index in [0.717, 1.165) is 25.7 Å². The molecule has 0 radical (unpaired) electrons. The van der Waals surface area contributed by atoms with Crippen molar-refractivity contribution in [3.63, 3.8) is 0 Å². The van der Waals surface area contributed by atoms with Gasteiger partial charge in [0.05, 0.1) is 6.61 Å². The Bertz CT molecular complexity index is 433. The highest BCUT2D eigenvalue weighted by atomic mass is 79.9. The summed E-state index contributed by atoms with van der Waals surface area (Å²) in [4.78, 5) is 18.5. The number of halogens is 1. The van der Waals surface area contributed by atoms with Crippen LogP contribution in [0.4, 0.5) is 0 Å². The molecular formula is C14H19BrN2O2. The molecule has 0 bridgehead atoms. The summed E-state index contributed by atoms with van der Waals surface area (Å²) in [6, 6.07) is 5.57. The summed E-state index contributed by atoms with van der Waals surface area (Å²) in [6.07, 6.45) is 5.61. The van der Waals surface area contributed by atoms with Crippen LogP contribution in [0.1, 0.15) is 42.6 Å². The van der Waals surface area contributed by atoms with Gasteiger partial charge in [0.15, 0.2) is 0 Å². The number of carbonyl (C=O) groups is 1. The zero-order valence-corrected chi connectivity index (χ0v) is 12.5. The fraction of sp³-hybridized carbons (Fsp3) is 0.571. The van der Waals surface area contributed by atoms with Gasteiger partial charge < -0.3 is 10.0 Å². The van der Waals surface area contributed by atoms with E-state index < -0.39 is 0 Å². The summed E-state index contributed by atoms with van der Waals surface area (Å²) in [5, 5.41) is 9.19. The maximum atomic E-state index is 12.5. The third-order valence-electron chi connectivity index (χ3n) is 3.55. The van der Waals surface area contributed by atoms with Crippen LogP contribution in [0, 0.1) is 0 Å². The average Bonchev–Trinajstić information content (AvgIpc) is 2.45. The van der Waals surface area contributed by atoms with Gasteiger partial charge in [-0.05, 0) is 40.9 Å². The minimum absolute atomic E-state index is 0.00373. The van der Waals surface area contributed by atoms with Gasteiger partial charge in [0.1, 0.15) is 10.3 Å². The van der Waals surface area contributed by atoms with Crippen molar-refractivity contribution < 1.29 is 9.90 Å². The third kappa shape index (κ3) is 3.76. The minimum atomic E-state index is -0.0812. The molecule has 0 aliphatic heterocycles. The summed E-state index contributed by atoms with van der Waals surface area (Å²) in [7, 11) is 0. The number of pyridine rings is 1. The molecule has 0 unspecified atom stereocenters. The lowest BCUT2D eigenvalue weighted by atomic mass is 9.94. The van der Waals surface area contributed by atoms with Crippen LogP contribution in [0.15, 0.2) is 22.8 Å². The lowest BCUT2D eigenvalue weighted by Gasteiger charge is -2.33. The van der Waals surface area contributed by atoms with Gasteiger partial charge in [-0.3, -0.25) is 4.79 Å². The maximum absolute atomic E-state index is 12.5. The molecule has 1 amide bonds. The highest BCUT2D eigenvalue weighted by Crippen LogP contribution is 2.23. The van der Waals surface area contributed by atoms with Gasteiger partial charge in [0, 0.05) is 12.6 Å². The van der Waals surface area contributed by atoms with E-state index in [4.69, 9.17) is 0 Å². The summed E-state index contributed by atoms with van der Waals surface area (Å²) >= 11 is 3.28. The fourth-order valence-electron chi connectivity index (χ4n) is 2.62. The van der Waals surface area contributed by atoms with Gasteiger partial charge in [-0.2, -0.15) is 0 Å². The van der Waals surface area contributed by atoms with Gasteiger partial charge in [0.25, 0.3) is 5.91 Å². The van der Waals surface area contributed by atoms with Crippen molar-refractivity contribution in [2.45, 2.75) is 38.1 Å². The molecule has 1 N–H and O–H groups in total. The number of amides is 1. The van der Waals surface area contributed by atoms with Crippen LogP contribution in [0.3, 0.4) is 0 Å². The van der Waals surface area contributed by atoms with Gasteiger partial charge >= 0.3 is 0 Å². The number of aliphatic hydroxyl groups excluding tert-OH is 1. The molecule has 1 aliphatic carbocycles. The predicted octanol–water partition coefficient (Wildman–Crippen LogP) is 2.61. The van der Waals surface area contributed by atoms with Crippen LogP contribution >= 0.6 is 15.9 Å². The van der Waals surface area contributed by atoms with Gasteiger partial charge in [-0.25, -0.2) is 4.98 Å². The van der Waals surface area contributed by atoms with Crippen LogP contribution in [-0.4, -0.2) is 40.1 Å². The first kappa shape index (κ1) is 14.5. The topological polar surface area (TPSA) is 53.4 Å². The van der Waals surface area contributed by atoms with Crippen molar-refractivity contribution in [1.29, 1.82) is 0 Å². The Morgan fingerprint density at radius 2 is 2.11 bits per heavy atom. The van der Waals surface area contributed by atoms with Gasteiger partial charge in [-0.15, -0.1) is 0 Å². The molecule has 1 heterocycles. The minimum Gasteiger partial charge on any atom is -0.395 e. The van der Waals surface area contributed by atoms with Crippen molar-refractivity contribution in [1.82, 2.24) is 9.88 Å². The molecule has 5 heteroatoms. The van der Waals surface area contributed by atoms with Crippen molar-refractivity contribution in [2.24, 2.45) is 0 Å². The van der Waals surface area contributed by atoms with E-state index in [1.165, 1.54) is 6.42 Å². The Morgan fingerprint density at radius 1 is 1.37 bits per heavy atom. The maximum Gasteiger partial charge on any atom is 0.272 e. The number of carbonyl (C=O) groups excluding carboxylic acids is 1.